The maximum Gasteiger partial charge on any atom is 0.322 e. The first-order valence-corrected chi connectivity index (χ1v) is 11.3. The van der Waals surface area contributed by atoms with Crippen molar-refractivity contribution in [2.75, 3.05) is 18.4 Å². The maximum atomic E-state index is 14.0. The van der Waals surface area contributed by atoms with Gasteiger partial charge < -0.3 is 20.4 Å². The van der Waals surface area contributed by atoms with Crippen molar-refractivity contribution in [3.05, 3.63) is 71.0 Å². The highest BCUT2D eigenvalue weighted by Crippen LogP contribution is 2.27. The smallest absolute Gasteiger partial charge is 0.322 e. The van der Waals surface area contributed by atoms with Crippen LogP contribution in [0.15, 0.2) is 48.5 Å². The maximum absolute atomic E-state index is 14.0. The zero-order valence-corrected chi connectivity index (χ0v) is 19.7. The van der Waals surface area contributed by atoms with Gasteiger partial charge in [0, 0.05) is 37.8 Å². The van der Waals surface area contributed by atoms with Crippen molar-refractivity contribution in [3.63, 3.8) is 0 Å². The summed E-state index contributed by atoms with van der Waals surface area (Å²) in [6.45, 7) is 6.50. The van der Waals surface area contributed by atoms with Gasteiger partial charge in [0.2, 0.25) is 11.8 Å². The van der Waals surface area contributed by atoms with E-state index >= 15 is 0 Å². The molecule has 0 aromatic heterocycles. The summed E-state index contributed by atoms with van der Waals surface area (Å²) in [6, 6.07) is 12.2. The Morgan fingerprint density at radius 3 is 2.35 bits per heavy atom. The van der Waals surface area contributed by atoms with Crippen LogP contribution in [0.5, 0.6) is 0 Å². The second kappa shape index (κ2) is 9.29. The Balaban J connectivity index is 1.34. The number of urea groups is 1. The second-order valence-corrected chi connectivity index (χ2v) is 9.28. The summed E-state index contributed by atoms with van der Waals surface area (Å²) in [5, 5.41) is 5.58. The van der Waals surface area contributed by atoms with Gasteiger partial charge in [0.05, 0.1) is 6.54 Å². The number of hydrogen-bond donors (Lipinski definition) is 2. The molecule has 2 aliphatic heterocycles. The lowest BCUT2D eigenvalue weighted by Gasteiger charge is -2.34. The van der Waals surface area contributed by atoms with Crippen LogP contribution >= 0.6 is 0 Å². The third-order valence-electron chi connectivity index (χ3n) is 6.24. The standard InChI is InChI=1S/C26H29FN4O3/c1-17(32)29-26(2,3)24(33)30-13-11-19(12-14-30)18-7-9-21(10-8-18)28-25(34)31-15-20-5-4-6-23(27)22(20)16-31/h4-11H,12-16H2,1-3H3,(H,28,34)(H,29,32). The molecule has 0 bridgehead atoms. The average Bonchev–Trinajstić information content (AvgIpc) is 3.24. The van der Waals surface area contributed by atoms with Crippen molar-refractivity contribution < 1.29 is 18.8 Å². The lowest BCUT2D eigenvalue weighted by molar-refractivity contribution is -0.139. The van der Waals surface area contributed by atoms with Gasteiger partial charge in [-0.3, -0.25) is 9.59 Å². The lowest BCUT2D eigenvalue weighted by Crippen LogP contribution is -2.56. The third kappa shape index (κ3) is 4.95. The summed E-state index contributed by atoms with van der Waals surface area (Å²) in [5.74, 6) is -0.628. The molecule has 0 saturated heterocycles. The van der Waals surface area contributed by atoms with E-state index in [4.69, 9.17) is 0 Å². The fourth-order valence-electron chi connectivity index (χ4n) is 4.50. The molecule has 4 amide bonds. The van der Waals surface area contributed by atoms with Crippen molar-refractivity contribution in [3.8, 4) is 0 Å². The van der Waals surface area contributed by atoms with Crippen molar-refractivity contribution >= 4 is 29.1 Å². The van der Waals surface area contributed by atoms with Crippen LogP contribution in [0, 0.1) is 5.82 Å². The first-order valence-electron chi connectivity index (χ1n) is 11.3. The Labute approximate surface area is 198 Å². The lowest BCUT2D eigenvalue weighted by atomic mass is 9.97. The minimum absolute atomic E-state index is 0.111. The van der Waals surface area contributed by atoms with E-state index in [0.717, 1.165) is 16.7 Å². The van der Waals surface area contributed by atoms with Crippen molar-refractivity contribution in [2.24, 2.45) is 0 Å². The Hall–Kier alpha value is -3.68. The van der Waals surface area contributed by atoms with E-state index in [1.807, 2.05) is 36.4 Å². The van der Waals surface area contributed by atoms with Crippen LogP contribution in [0.4, 0.5) is 14.9 Å². The molecule has 0 radical (unpaired) electrons. The Morgan fingerprint density at radius 1 is 1.00 bits per heavy atom. The molecule has 0 spiro atoms. The number of carbonyl (C=O) groups excluding carboxylic acids is 3. The molecule has 7 nitrogen and oxygen atoms in total. The predicted molar refractivity (Wildman–Crippen MR) is 128 cm³/mol. The van der Waals surface area contributed by atoms with E-state index in [1.54, 1.807) is 29.7 Å². The Bertz CT molecular complexity index is 1160. The predicted octanol–water partition coefficient (Wildman–Crippen LogP) is 3.90. The summed E-state index contributed by atoms with van der Waals surface area (Å²) >= 11 is 0. The molecule has 0 aliphatic carbocycles. The summed E-state index contributed by atoms with van der Waals surface area (Å²) in [4.78, 5) is 40.1. The van der Waals surface area contributed by atoms with Crippen LogP contribution < -0.4 is 10.6 Å². The SMILES string of the molecule is CC(=O)NC(C)(C)C(=O)N1CC=C(c2ccc(NC(=O)N3Cc4cccc(F)c4C3)cc2)CC1. The summed E-state index contributed by atoms with van der Waals surface area (Å²) in [7, 11) is 0. The normalized spacial score (nSPS) is 15.5. The van der Waals surface area contributed by atoms with E-state index in [0.29, 0.717) is 37.3 Å². The van der Waals surface area contributed by atoms with Crippen molar-refractivity contribution in [1.82, 2.24) is 15.1 Å². The molecule has 2 heterocycles. The van der Waals surface area contributed by atoms with Crippen molar-refractivity contribution in [1.29, 1.82) is 0 Å². The molecule has 0 unspecified atom stereocenters. The number of nitrogens with one attached hydrogen (secondary N) is 2. The topological polar surface area (TPSA) is 81.8 Å². The fourth-order valence-corrected chi connectivity index (χ4v) is 4.50. The van der Waals surface area contributed by atoms with Gasteiger partial charge in [0.25, 0.3) is 0 Å². The fraction of sp³-hybridized carbons (Fsp3) is 0.346. The number of halogens is 1. The minimum Gasteiger partial charge on any atom is -0.342 e. The molecule has 8 heteroatoms. The molecular formula is C26H29FN4O3. The van der Waals surface area contributed by atoms with Crippen LogP contribution in [0.25, 0.3) is 5.57 Å². The van der Waals surface area contributed by atoms with Gasteiger partial charge in [-0.05, 0) is 55.2 Å². The van der Waals surface area contributed by atoms with Crippen LogP contribution in [0.1, 0.15) is 43.9 Å². The summed E-state index contributed by atoms with van der Waals surface area (Å²) in [6.07, 6.45) is 2.72. The van der Waals surface area contributed by atoms with E-state index in [1.165, 1.54) is 13.0 Å². The van der Waals surface area contributed by atoms with Crippen LogP contribution in [0.2, 0.25) is 0 Å². The highest BCUT2D eigenvalue weighted by atomic mass is 19.1. The number of hydrogen-bond acceptors (Lipinski definition) is 3. The van der Waals surface area contributed by atoms with Crippen molar-refractivity contribution in [2.45, 2.75) is 45.8 Å². The molecule has 34 heavy (non-hydrogen) atoms. The van der Waals surface area contributed by atoms with Crippen LogP contribution in [0.3, 0.4) is 0 Å². The van der Waals surface area contributed by atoms with Gasteiger partial charge in [-0.15, -0.1) is 0 Å². The number of amides is 4. The molecule has 2 aromatic rings. The van der Waals surface area contributed by atoms with Gasteiger partial charge in [0.1, 0.15) is 11.4 Å². The monoisotopic (exact) mass is 464 g/mol. The largest absolute Gasteiger partial charge is 0.342 e. The van der Waals surface area contributed by atoms with Gasteiger partial charge in [-0.25, -0.2) is 9.18 Å². The molecule has 178 valence electrons. The van der Waals surface area contributed by atoms with Gasteiger partial charge >= 0.3 is 6.03 Å². The number of nitrogens with zero attached hydrogens (tertiary/aromatic N) is 2. The molecule has 0 fully saturated rings. The van der Waals surface area contributed by atoms with Gasteiger partial charge in [0.15, 0.2) is 0 Å². The first kappa shape index (κ1) is 23.5. The van der Waals surface area contributed by atoms with E-state index in [2.05, 4.69) is 10.6 Å². The van der Waals surface area contributed by atoms with Crippen LogP contribution in [-0.4, -0.2) is 46.3 Å². The molecule has 0 atom stereocenters. The highest BCUT2D eigenvalue weighted by molar-refractivity contribution is 5.91. The number of anilines is 1. The number of carbonyl (C=O) groups is 3. The van der Waals surface area contributed by atoms with E-state index < -0.39 is 5.54 Å². The number of rotatable bonds is 4. The van der Waals surface area contributed by atoms with Gasteiger partial charge in [-0.1, -0.05) is 30.3 Å². The minimum atomic E-state index is -0.945. The molecule has 2 N–H and O–H groups in total. The average molecular weight is 465 g/mol. The van der Waals surface area contributed by atoms with E-state index in [-0.39, 0.29) is 30.2 Å². The molecule has 2 aliphatic rings. The molecule has 2 aromatic carbocycles. The second-order valence-electron chi connectivity index (χ2n) is 9.28. The van der Waals surface area contributed by atoms with E-state index in [9.17, 15) is 18.8 Å². The van der Waals surface area contributed by atoms with Crippen LogP contribution in [-0.2, 0) is 22.7 Å². The summed E-state index contributed by atoms with van der Waals surface area (Å²) < 4.78 is 14.0. The Morgan fingerprint density at radius 2 is 1.74 bits per heavy atom. The molecule has 4 rings (SSSR count). The third-order valence-corrected chi connectivity index (χ3v) is 6.24. The Kier molecular flexibility index (Phi) is 6.41. The zero-order chi connectivity index (χ0) is 24.5. The number of fused-ring (bicyclic) bond motifs is 1. The van der Waals surface area contributed by atoms with Gasteiger partial charge in [-0.2, -0.15) is 0 Å². The highest BCUT2D eigenvalue weighted by Gasteiger charge is 2.33. The summed E-state index contributed by atoms with van der Waals surface area (Å²) in [5.41, 5.74) is 3.29. The molecular weight excluding hydrogens is 435 g/mol. The number of benzene rings is 2. The molecule has 0 saturated carbocycles. The first-order chi connectivity index (χ1) is 16.1. The zero-order valence-electron chi connectivity index (χ0n) is 19.7. The quantitative estimate of drug-likeness (QED) is 0.720.